The molecule has 1 aliphatic rings. The molecular formula is C25H25N3O3. The number of benzene rings is 3. The number of anilines is 2. The van der Waals surface area contributed by atoms with Crippen LogP contribution in [-0.4, -0.2) is 31.8 Å². The van der Waals surface area contributed by atoms with Gasteiger partial charge in [-0.05, 0) is 35.7 Å². The first kappa shape index (κ1) is 20.5. The molecule has 0 unspecified atom stereocenters. The Hall–Kier alpha value is -3.80. The van der Waals surface area contributed by atoms with Crippen molar-refractivity contribution < 1.29 is 14.3 Å². The Balaban J connectivity index is 1.35. The summed E-state index contributed by atoms with van der Waals surface area (Å²) in [6.45, 7) is 1.41. The van der Waals surface area contributed by atoms with Crippen molar-refractivity contribution in [1.82, 2.24) is 5.32 Å². The maximum absolute atomic E-state index is 12.4. The van der Waals surface area contributed by atoms with Crippen LogP contribution in [0.4, 0.5) is 21.0 Å². The third kappa shape index (κ3) is 5.22. The third-order valence-corrected chi connectivity index (χ3v) is 5.30. The summed E-state index contributed by atoms with van der Waals surface area (Å²) in [6, 6.07) is 27.5. The maximum Gasteiger partial charge on any atom is 0.414 e. The van der Waals surface area contributed by atoms with Crippen molar-refractivity contribution in [2.24, 2.45) is 0 Å². The van der Waals surface area contributed by atoms with Gasteiger partial charge in [-0.3, -0.25) is 4.90 Å². The molecule has 0 aromatic heterocycles. The van der Waals surface area contributed by atoms with Gasteiger partial charge in [0.15, 0.2) is 0 Å². The second-order valence-electron chi connectivity index (χ2n) is 7.36. The van der Waals surface area contributed by atoms with Crippen LogP contribution >= 0.6 is 0 Å². The maximum atomic E-state index is 12.4. The molecule has 0 bridgehead atoms. The van der Waals surface area contributed by atoms with Crippen LogP contribution in [0.3, 0.4) is 0 Å². The molecule has 0 aliphatic carbocycles. The van der Waals surface area contributed by atoms with E-state index in [1.54, 1.807) is 23.1 Å². The Morgan fingerprint density at radius 3 is 2.23 bits per heavy atom. The second kappa shape index (κ2) is 9.80. The van der Waals surface area contributed by atoms with Gasteiger partial charge in [0.25, 0.3) is 0 Å². The monoisotopic (exact) mass is 415 g/mol. The van der Waals surface area contributed by atoms with E-state index in [4.69, 9.17) is 4.74 Å². The van der Waals surface area contributed by atoms with E-state index >= 15 is 0 Å². The highest BCUT2D eigenvalue weighted by atomic mass is 16.6. The Kier molecular flexibility index (Phi) is 6.47. The van der Waals surface area contributed by atoms with Crippen LogP contribution in [0.2, 0.25) is 0 Å². The number of cyclic esters (lactones) is 1. The molecule has 2 N–H and O–H groups in total. The average Bonchev–Trinajstić information content (AvgIpc) is 3.24. The summed E-state index contributed by atoms with van der Waals surface area (Å²) in [6.07, 6.45) is 0.413. The van der Waals surface area contributed by atoms with E-state index in [0.717, 1.165) is 6.42 Å². The quantitative estimate of drug-likeness (QED) is 0.571. The molecule has 31 heavy (non-hydrogen) atoms. The van der Waals surface area contributed by atoms with Crippen LogP contribution in [0.25, 0.3) is 0 Å². The summed E-state index contributed by atoms with van der Waals surface area (Å²) in [4.78, 5) is 25.7. The predicted octanol–water partition coefficient (Wildman–Crippen LogP) is 4.99. The highest BCUT2D eigenvalue weighted by Gasteiger charge is 2.23. The van der Waals surface area contributed by atoms with Gasteiger partial charge in [0.2, 0.25) is 0 Å². The molecular weight excluding hydrogens is 390 g/mol. The summed E-state index contributed by atoms with van der Waals surface area (Å²) in [7, 11) is 0. The lowest BCUT2D eigenvalue weighted by atomic mass is 9.88. The third-order valence-electron chi connectivity index (χ3n) is 5.30. The smallest absolute Gasteiger partial charge is 0.414 e. The van der Waals surface area contributed by atoms with Gasteiger partial charge in [-0.1, -0.05) is 66.7 Å². The zero-order chi connectivity index (χ0) is 21.5. The van der Waals surface area contributed by atoms with E-state index in [1.165, 1.54) is 11.1 Å². The Morgan fingerprint density at radius 1 is 0.935 bits per heavy atom. The highest BCUT2D eigenvalue weighted by Crippen LogP contribution is 2.27. The molecule has 0 atom stereocenters. The zero-order valence-electron chi connectivity index (χ0n) is 17.2. The highest BCUT2D eigenvalue weighted by molar-refractivity contribution is 5.93. The Bertz CT molecular complexity index is 985. The van der Waals surface area contributed by atoms with E-state index in [1.807, 2.05) is 42.5 Å². The minimum absolute atomic E-state index is 0.201. The molecule has 1 saturated heterocycles. The average molecular weight is 415 g/mol. The fourth-order valence-corrected chi connectivity index (χ4v) is 3.78. The van der Waals surface area contributed by atoms with Crippen molar-refractivity contribution in [3.05, 3.63) is 96.1 Å². The minimum Gasteiger partial charge on any atom is -0.447 e. The van der Waals surface area contributed by atoms with Crippen molar-refractivity contribution in [2.45, 2.75) is 12.3 Å². The number of hydrogen-bond donors (Lipinski definition) is 2. The standard InChI is InChI=1S/C25H25N3O3/c29-24(27-21-12-7-13-22(18-21)28-16-17-31-25(28)30)26-15-14-23(19-8-3-1-4-9-19)20-10-5-2-6-11-20/h1-13,18,23H,14-17H2,(H2,26,27,29). The molecule has 0 radical (unpaired) electrons. The molecule has 1 heterocycles. The fraction of sp³-hybridized carbons (Fsp3) is 0.200. The van der Waals surface area contributed by atoms with Crippen LogP contribution in [0, 0.1) is 0 Å². The number of ether oxygens (including phenoxy) is 1. The number of rotatable bonds is 7. The molecule has 158 valence electrons. The topological polar surface area (TPSA) is 70.7 Å². The number of urea groups is 1. The first-order valence-electron chi connectivity index (χ1n) is 10.4. The van der Waals surface area contributed by atoms with Gasteiger partial charge < -0.3 is 15.4 Å². The normalized spacial score (nSPS) is 13.2. The minimum atomic E-state index is -0.366. The number of hydrogen-bond acceptors (Lipinski definition) is 3. The number of nitrogens with zero attached hydrogens (tertiary/aromatic N) is 1. The van der Waals surface area contributed by atoms with Gasteiger partial charge in [-0.2, -0.15) is 0 Å². The number of carbonyl (C=O) groups is 2. The molecule has 3 aromatic carbocycles. The van der Waals surface area contributed by atoms with Crippen molar-refractivity contribution in [2.75, 3.05) is 29.9 Å². The fourth-order valence-electron chi connectivity index (χ4n) is 3.78. The zero-order valence-corrected chi connectivity index (χ0v) is 17.2. The first-order valence-corrected chi connectivity index (χ1v) is 10.4. The van der Waals surface area contributed by atoms with Crippen molar-refractivity contribution in [1.29, 1.82) is 0 Å². The lowest BCUT2D eigenvalue weighted by molar-refractivity contribution is 0.181. The van der Waals surface area contributed by atoms with Crippen LogP contribution in [0.5, 0.6) is 0 Å². The molecule has 1 aliphatic heterocycles. The van der Waals surface area contributed by atoms with E-state index in [9.17, 15) is 9.59 Å². The van der Waals surface area contributed by atoms with Gasteiger partial charge in [-0.25, -0.2) is 9.59 Å². The lowest BCUT2D eigenvalue weighted by Gasteiger charge is -2.19. The van der Waals surface area contributed by atoms with E-state index < -0.39 is 0 Å². The summed E-state index contributed by atoms with van der Waals surface area (Å²) in [5, 5.41) is 5.79. The van der Waals surface area contributed by atoms with Crippen LogP contribution < -0.4 is 15.5 Å². The SMILES string of the molecule is O=C(NCCC(c1ccccc1)c1ccccc1)Nc1cccc(N2CCOC2=O)c1. The first-order chi connectivity index (χ1) is 15.2. The van der Waals surface area contributed by atoms with E-state index in [0.29, 0.717) is 31.1 Å². The Labute approximate surface area is 181 Å². The lowest BCUT2D eigenvalue weighted by Crippen LogP contribution is -2.30. The van der Waals surface area contributed by atoms with Crippen LogP contribution in [0.15, 0.2) is 84.9 Å². The van der Waals surface area contributed by atoms with Gasteiger partial charge in [0.1, 0.15) is 6.61 Å². The molecule has 3 amide bonds. The van der Waals surface area contributed by atoms with E-state index in [-0.39, 0.29) is 18.0 Å². The van der Waals surface area contributed by atoms with E-state index in [2.05, 4.69) is 34.9 Å². The molecule has 0 saturated carbocycles. The molecule has 1 fully saturated rings. The summed E-state index contributed by atoms with van der Waals surface area (Å²) >= 11 is 0. The molecule has 3 aromatic rings. The largest absolute Gasteiger partial charge is 0.447 e. The summed E-state index contributed by atoms with van der Waals surface area (Å²) in [5.41, 5.74) is 3.77. The predicted molar refractivity (Wildman–Crippen MR) is 122 cm³/mol. The number of amides is 3. The van der Waals surface area contributed by atoms with Gasteiger partial charge in [0.05, 0.1) is 6.54 Å². The second-order valence-corrected chi connectivity index (χ2v) is 7.36. The van der Waals surface area contributed by atoms with Crippen molar-refractivity contribution in [3.63, 3.8) is 0 Å². The molecule has 6 heteroatoms. The Morgan fingerprint density at radius 2 is 1.61 bits per heavy atom. The summed E-state index contributed by atoms with van der Waals surface area (Å²) in [5.74, 6) is 0.201. The van der Waals surface area contributed by atoms with Crippen molar-refractivity contribution >= 4 is 23.5 Å². The van der Waals surface area contributed by atoms with Crippen molar-refractivity contribution in [3.8, 4) is 0 Å². The molecule has 6 nitrogen and oxygen atoms in total. The van der Waals surface area contributed by atoms with Crippen LogP contribution in [-0.2, 0) is 4.74 Å². The number of carbonyl (C=O) groups excluding carboxylic acids is 2. The molecule has 0 spiro atoms. The number of nitrogens with one attached hydrogen (secondary N) is 2. The summed E-state index contributed by atoms with van der Waals surface area (Å²) < 4.78 is 4.98. The van der Waals surface area contributed by atoms with Gasteiger partial charge >= 0.3 is 12.1 Å². The van der Waals surface area contributed by atoms with Gasteiger partial charge in [-0.15, -0.1) is 0 Å². The van der Waals surface area contributed by atoms with Gasteiger partial charge in [0, 0.05) is 23.8 Å². The molecule has 4 rings (SSSR count). The van der Waals surface area contributed by atoms with Crippen LogP contribution in [0.1, 0.15) is 23.5 Å².